The summed E-state index contributed by atoms with van der Waals surface area (Å²) in [4.78, 5) is 23.2. The van der Waals surface area contributed by atoms with E-state index in [0.29, 0.717) is 17.6 Å². The Kier molecular flexibility index (Phi) is 6.02. The molecule has 1 atom stereocenters. The molecule has 0 bridgehead atoms. The van der Waals surface area contributed by atoms with E-state index in [4.69, 9.17) is 9.47 Å². The molecule has 1 amide bonds. The maximum atomic E-state index is 11.6. The minimum absolute atomic E-state index is 0.150. The molecule has 23 heavy (non-hydrogen) atoms. The molecule has 1 saturated carbocycles. The van der Waals surface area contributed by atoms with E-state index in [1.54, 1.807) is 0 Å². The molecule has 5 heteroatoms. The molecule has 0 aromatic heterocycles. The van der Waals surface area contributed by atoms with E-state index >= 15 is 0 Å². The van der Waals surface area contributed by atoms with Gasteiger partial charge in [0.05, 0.1) is 0 Å². The van der Waals surface area contributed by atoms with Gasteiger partial charge in [-0.25, -0.2) is 4.79 Å². The molecule has 1 aromatic rings. The van der Waals surface area contributed by atoms with Crippen molar-refractivity contribution in [2.75, 3.05) is 13.2 Å². The highest BCUT2D eigenvalue weighted by molar-refractivity contribution is 5.81. The van der Waals surface area contributed by atoms with Crippen molar-refractivity contribution in [1.29, 1.82) is 0 Å². The van der Waals surface area contributed by atoms with Crippen LogP contribution in [0.4, 0.5) is 0 Å². The third-order valence-electron chi connectivity index (χ3n) is 3.99. The predicted molar refractivity (Wildman–Crippen MR) is 87.3 cm³/mol. The molecule has 2 rings (SSSR count). The zero-order valence-electron chi connectivity index (χ0n) is 14.0. The standard InChI is InChI=1S/C18H25NO4/c1-12(2)14-6-8-16(9-7-14)22-11-18(21)23-10-17(20)19-13(3)15-4-5-15/h6-9,12-13,15H,4-5,10-11H2,1-3H3,(H,19,20)/t13-/m0/s1. The Hall–Kier alpha value is -2.04. The van der Waals surface area contributed by atoms with E-state index in [9.17, 15) is 9.59 Å². The first-order valence-electron chi connectivity index (χ1n) is 8.13. The molecule has 0 spiro atoms. The van der Waals surface area contributed by atoms with Crippen molar-refractivity contribution in [3.05, 3.63) is 29.8 Å². The minimum Gasteiger partial charge on any atom is -0.482 e. The number of amides is 1. The molecular formula is C18H25NO4. The van der Waals surface area contributed by atoms with Gasteiger partial charge >= 0.3 is 5.97 Å². The summed E-state index contributed by atoms with van der Waals surface area (Å²) in [5.74, 6) is 0.821. The Morgan fingerprint density at radius 3 is 2.35 bits per heavy atom. The lowest BCUT2D eigenvalue weighted by Crippen LogP contribution is -2.37. The van der Waals surface area contributed by atoms with Gasteiger partial charge in [0.15, 0.2) is 13.2 Å². The Labute approximate surface area is 137 Å². The number of esters is 1. The fourth-order valence-corrected chi connectivity index (χ4v) is 2.29. The molecule has 1 aliphatic rings. The molecule has 1 fully saturated rings. The van der Waals surface area contributed by atoms with Crippen LogP contribution in [0, 0.1) is 5.92 Å². The van der Waals surface area contributed by atoms with Gasteiger partial charge in [-0.2, -0.15) is 0 Å². The molecule has 0 saturated heterocycles. The zero-order chi connectivity index (χ0) is 16.8. The highest BCUT2D eigenvalue weighted by atomic mass is 16.6. The van der Waals surface area contributed by atoms with Gasteiger partial charge in [-0.3, -0.25) is 4.79 Å². The number of hydrogen-bond acceptors (Lipinski definition) is 4. The van der Waals surface area contributed by atoms with Crippen LogP contribution >= 0.6 is 0 Å². The van der Waals surface area contributed by atoms with Crippen molar-refractivity contribution in [1.82, 2.24) is 5.32 Å². The van der Waals surface area contributed by atoms with E-state index < -0.39 is 5.97 Å². The van der Waals surface area contributed by atoms with Crippen LogP contribution in [0.5, 0.6) is 5.75 Å². The highest BCUT2D eigenvalue weighted by Crippen LogP contribution is 2.32. The number of benzene rings is 1. The number of ether oxygens (including phenoxy) is 2. The molecule has 0 radical (unpaired) electrons. The van der Waals surface area contributed by atoms with E-state index in [1.165, 1.54) is 5.56 Å². The quantitative estimate of drug-likeness (QED) is 0.748. The van der Waals surface area contributed by atoms with Gasteiger partial charge in [0, 0.05) is 6.04 Å². The summed E-state index contributed by atoms with van der Waals surface area (Å²) in [7, 11) is 0. The normalized spacial score (nSPS) is 15.1. The molecule has 1 aliphatic carbocycles. The summed E-state index contributed by atoms with van der Waals surface area (Å²) in [6.07, 6.45) is 2.31. The van der Waals surface area contributed by atoms with E-state index in [2.05, 4.69) is 19.2 Å². The van der Waals surface area contributed by atoms with Gasteiger partial charge in [0.1, 0.15) is 5.75 Å². The Balaban J connectivity index is 1.65. The molecule has 126 valence electrons. The molecule has 5 nitrogen and oxygen atoms in total. The van der Waals surface area contributed by atoms with Gasteiger partial charge in [-0.1, -0.05) is 26.0 Å². The number of rotatable bonds is 8. The summed E-state index contributed by atoms with van der Waals surface area (Å²) in [6, 6.07) is 7.74. The highest BCUT2D eigenvalue weighted by Gasteiger charge is 2.28. The van der Waals surface area contributed by atoms with Crippen molar-refractivity contribution in [3.8, 4) is 5.75 Å². The average Bonchev–Trinajstić information content (AvgIpc) is 3.36. The Morgan fingerprint density at radius 2 is 1.78 bits per heavy atom. The second-order valence-electron chi connectivity index (χ2n) is 6.37. The van der Waals surface area contributed by atoms with Gasteiger partial charge < -0.3 is 14.8 Å². The predicted octanol–water partition coefficient (Wildman–Crippen LogP) is 2.65. The van der Waals surface area contributed by atoms with Crippen molar-refractivity contribution in [2.24, 2.45) is 5.92 Å². The molecule has 0 unspecified atom stereocenters. The molecule has 0 heterocycles. The SMILES string of the molecule is CC(C)c1ccc(OCC(=O)OCC(=O)N[C@@H](C)C2CC2)cc1. The van der Waals surface area contributed by atoms with Gasteiger partial charge in [0.2, 0.25) is 0 Å². The summed E-state index contributed by atoms with van der Waals surface area (Å²) in [5, 5.41) is 2.83. The van der Waals surface area contributed by atoms with Crippen LogP contribution in [0.2, 0.25) is 0 Å². The van der Waals surface area contributed by atoms with Crippen LogP contribution in [-0.4, -0.2) is 31.1 Å². The average molecular weight is 319 g/mol. The van der Waals surface area contributed by atoms with Gasteiger partial charge in [-0.05, 0) is 49.3 Å². The van der Waals surface area contributed by atoms with Crippen molar-refractivity contribution < 1.29 is 19.1 Å². The largest absolute Gasteiger partial charge is 0.482 e. The fraction of sp³-hybridized carbons (Fsp3) is 0.556. The second-order valence-corrected chi connectivity index (χ2v) is 6.37. The maximum absolute atomic E-state index is 11.6. The zero-order valence-corrected chi connectivity index (χ0v) is 14.0. The summed E-state index contributed by atoms with van der Waals surface area (Å²) in [5.41, 5.74) is 1.21. The molecule has 1 aromatic carbocycles. The smallest absolute Gasteiger partial charge is 0.344 e. The van der Waals surface area contributed by atoms with E-state index in [0.717, 1.165) is 12.8 Å². The van der Waals surface area contributed by atoms with Crippen LogP contribution < -0.4 is 10.1 Å². The topological polar surface area (TPSA) is 64.6 Å². The first kappa shape index (κ1) is 17.3. The van der Waals surface area contributed by atoms with E-state index in [-0.39, 0.29) is 25.2 Å². The Bertz CT molecular complexity index is 534. The van der Waals surface area contributed by atoms with E-state index in [1.807, 2.05) is 31.2 Å². The Morgan fingerprint density at radius 1 is 1.13 bits per heavy atom. The molecule has 1 N–H and O–H groups in total. The van der Waals surface area contributed by atoms with Crippen LogP contribution in [0.25, 0.3) is 0 Å². The van der Waals surface area contributed by atoms with Crippen molar-refractivity contribution in [3.63, 3.8) is 0 Å². The minimum atomic E-state index is -0.549. The monoisotopic (exact) mass is 319 g/mol. The number of hydrogen-bond donors (Lipinski definition) is 1. The number of carbonyl (C=O) groups excluding carboxylic acids is 2. The van der Waals surface area contributed by atoms with Crippen molar-refractivity contribution >= 4 is 11.9 Å². The third-order valence-corrected chi connectivity index (χ3v) is 3.99. The summed E-state index contributed by atoms with van der Waals surface area (Å²) >= 11 is 0. The number of carbonyl (C=O) groups is 2. The van der Waals surface area contributed by atoms with Gasteiger partial charge in [-0.15, -0.1) is 0 Å². The fourth-order valence-electron chi connectivity index (χ4n) is 2.29. The molecule has 0 aliphatic heterocycles. The van der Waals surface area contributed by atoms with Crippen LogP contribution in [-0.2, 0) is 14.3 Å². The maximum Gasteiger partial charge on any atom is 0.344 e. The lowest BCUT2D eigenvalue weighted by molar-refractivity contribution is -0.150. The second kappa shape index (κ2) is 7.99. The summed E-state index contributed by atoms with van der Waals surface area (Å²) < 4.78 is 10.3. The lowest BCUT2D eigenvalue weighted by Gasteiger charge is -2.13. The summed E-state index contributed by atoms with van der Waals surface area (Å²) in [6.45, 7) is 5.74. The number of nitrogens with one attached hydrogen (secondary N) is 1. The molecular weight excluding hydrogens is 294 g/mol. The first-order chi connectivity index (χ1) is 11.0. The van der Waals surface area contributed by atoms with Crippen LogP contribution in [0.15, 0.2) is 24.3 Å². The van der Waals surface area contributed by atoms with Crippen LogP contribution in [0.3, 0.4) is 0 Å². The van der Waals surface area contributed by atoms with Crippen LogP contribution in [0.1, 0.15) is 45.1 Å². The van der Waals surface area contributed by atoms with Crippen molar-refractivity contribution in [2.45, 2.75) is 45.6 Å². The van der Waals surface area contributed by atoms with Gasteiger partial charge in [0.25, 0.3) is 5.91 Å². The third kappa shape index (κ3) is 5.93. The first-order valence-corrected chi connectivity index (χ1v) is 8.13. The lowest BCUT2D eigenvalue weighted by atomic mass is 10.0.